The number of hydrogen-bond acceptors (Lipinski definition) is 4. The summed E-state index contributed by atoms with van der Waals surface area (Å²) >= 11 is 5.88. The van der Waals surface area contributed by atoms with Gasteiger partial charge in [-0.3, -0.25) is 4.98 Å². The second-order valence-corrected chi connectivity index (χ2v) is 4.67. The Morgan fingerprint density at radius 2 is 1.95 bits per heavy atom. The van der Waals surface area contributed by atoms with Gasteiger partial charge in [-0.15, -0.1) is 0 Å². The number of halogens is 1. The molecular weight excluding hydrogens is 276 g/mol. The van der Waals surface area contributed by atoms with Gasteiger partial charge in [0.15, 0.2) is 0 Å². The molecule has 0 saturated carbocycles. The van der Waals surface area contributed by atoms with E-state index < -0.39 is 0 Å². The van der Waals surface area contributed by atoms with Crippen molar-refractivity contribution in [3.05, 3.63) is 52.8 Å². The molecule has 2 aromatic rings. The Bertz CT molecular complexity index is 573. The lowest BCUT2D eigenvalue weighted by Gasteiger charge is -2.19. The van der Waals surface area contributed by atoms with Gasteiger partial charge in [0, 0.05) is 17.8 Å². The zero-order valence-corrected chi connectivity index (χ0v) is 12.4. The summed E-state index contributed by atoms with van der Waals surface area (Å²) in [5.41, 5.74) is 1.87. The summed E-state index contributed by atoms with van der Waals surface area (Å²) in [5.74, 6) is 1.50. The zero-order valence-electron chi connectivity index (χ0n) is 11.7. The fourth-order valence-corrected chi connectivity index (χ4v) is 2.19. The topological polar surface area (TPSA) is 43.4 Å². The van der Waals surface area contributed by atoms with Crippen molar-refractivity contribution >= 4 is 11.6 Å². The minimum Gasteiger partial charge on any atom is -0.497 e. The molecule has 1 atom stereocenters. The Kier molecular flexibility index (Phi) is 4.82. The van der Waals surface area contributed by atoms with Crippen LogP contribution < -0.4 is 14.8 Å². The molecule has 1 aromatic carbocycles. The fourth-order valence-electron chi connectivity index (χ4n) is 2.08. The van der Waals surface area contributed by atoms with Gasteiger partial charge in [-0.2, -0.15) is 0 Å². The molecule has 1 N–H and O–H groups in total. The second kappa shape index (κ2) is 6.59. The van der Waals surface area contributed by atoms with Crippen molar-refractivity contribution in [1.82, 2.24) is 10.3 Å². The number of rotatable bonds is 5. The van der Waals surface area contributed by atoms with Gasteiger partial charge >= 0.3 is 0 Å². The number of pyridine rings is 1. The van der Waals surface area contributed by atoms with Crippen LogP contribution in [0.15, 0.2) is 36.5 Å². The smallest absolute Gasteiger partial charge is 0.127 e. The molecule has 0 saturated heterocycles. The van der Waals surface area contributed by atoms with Crippen LogP contribution in [0.5, 0.6) is 11.5 Å². The quantitative estimate of drug-likeness (QED) is 0.920. The molecule has 0 fully saturated rings. The molecule has 5 heteroatoms. The summed E-state index contributed by atoms with van der Waals surface area (Å²) in [6, 6.07) is 9.37. The molecule has 0 bridgehead atoms. The number of aromatic nitrogens is 1. The molecule has 0 amide bonds. The molecule has 0 radical (unpaired) electrons. The summed E-state index contributed by atoms with van der Waals surface area (Å²) in [7, 11) is 5.15. The van der Waals surface area contributed by atoms with Crippen LogP contribution in [0.25, 0.3) is 0 Å². The van der Waals surface area contributed by atoms with Crippen molar-refractivity contribution < 1.29 is 9.47 Å². The maximum Gasteiger partial charge on any atom is 0.127 e. The van der Waals surface area contributed by atoms with Gasteiger partial charge in [-0.25, -0.2) is 0 Å². The minimum absolute atomic E-state index is 0.0758. The summed E-state index contributed by atoms with van der Waals surface area (Å²) in [4.78, 5) is 4.36. The van der Waals surface area contributed by atoms with Gasteiger partial charge in [0.2, 0.25) is 0 Å². The van der Waals surface area contributed by atoms with E-state index in [0.29, 0.717) is 5.02 Å². The molecule has 1 heterocycles. The van der Waals surface area contributed by atoms with E-state index in [1.807, 2.05) is 37.4 Å². The first-order valence-corrected chi connectivity index (χ1v) is 6.58. The van der Waals surface area contributed by atoms with Crippen molar-refractivity contribution in [1.29, 1.82) is 0 Å². The van der Waals surface area contributed by atoms with Gasteiger partial charge in [-0.05, 0) is 31.3 Å². The van der Waals surface area contributed by atoms with Crippen LogP contribution >= 0.6 is 11.6 Å². The van der Waals surface area contributed by atoms with Crippen molar-refractivity contribution in [2.75, 3.05) is 21.3 Å². The average molecular weight is 293 g/mol. The molecule has 0 aliphatic rings. The lowest BCUT2D eigenvalue weighted by atomic mass is 10.0. The summed E-state index contributed by atoms with van der Waals surface area (Å²) < 4.78 is 10.7. The van der Waals surface area contributed by atoms with Crippen LogP contribution in [0.2, 0.25) is 5.02 Å². The van der Waals surface area contributed by atoms with Gasteiger partial charge in [0.25, 0.3) is 0 Å². The van der Waals surface area contributed by atoms with E-state index in [4.69, 9.17) is 21.1 Å². The molecular formula is C15H17ClN2O2. The minimum atomic E-state index is -0.0758. The number of nitrogens with one attached hydrogen (secondary N) is 1. The summed E-state index contributed by atoms with van der Waals surface area (Å²) in [6.45, 7) is 0. The Balaban J connectivity index is 2.43. The number of methoxy groups -OCH3 is 2. The van der Waals surface area contributed by atoms with E-state index in [1.165, 1.54) is 0 Å². The van der Waals surface area contributed by atoms with Crippen LogP contribution in [0, 0.1) is 0 Å². The summed E-state index contributed by atoms with van der Waals surface area (Å²) in [5, 5.41) is 3.86. The van der Waals surface area contributed by atoms with Gasteiger partial charge < -0.3 is 14.8 Å². The van der Waals surface area contributed by atoms with E-state index in [-0.39, 0.29) is 6.04 Å². The lowest BCUT2D eigenvalue weighted by molar-refractivity contribution is 0.388. The molecule has 0 spiro atoms. The van der Waals surface area contributed by atoms with Crippen LogP contribution in [0.3, 0.4) is 0 Å². The van der Waals surface area contributed by atoms with E-state index in [2.05, 4.69) is 10.3 Å². The van der Waals surface area contributed by atoms with E-state index in [0.717, 1.165) is 22.8 Å². The highest BCUT2D eigenvalue weighted by Crippen LogP contribution is 2.32. The van der Waals surface area contributed by atoms with Crippen LogP contribution in [-0.4, -0.2) is 26.3 Å². The first-order chi connectivity index (χ1) is 9.69. The standard InChI is InChI=1S/C15H17ClN2O2/c1-17-15(13-7-4-10(16)9-18-13)12-6-5-11(19-2)8-14(12)20-3/h4-9,15,17H,1-3H3. The summed E-state index contributed by atoms with van der Waals surface area (Å²) in [6.07, 6.45) is 1.64. The predicted octanol–water partition coefficient (Wildman–Crippen LogP) is 3.06. The number of ether oxygens (including phenoxy) is 2. The van der Waals surface area contributed by atoms with Crippen molar-refractivity contribution in [3.63, 3.8) is 0 Å². The maximum absolute atomic E-state index is 5.88. The largest absolute Gasteiger partial charge is 0.497 e. The van der Waals surface area contributed by atoms with E-state index in [9.17, 15) is 0 Å². The second-order valence-electron chi connectivity index (χ2n) is 4.23. The first kappa shape index (κ1) is 14.6. The Morgan fingerprint density at radius 1 is 1.15 bits per heavy atom. The first-order valence-electron chi connectivity index (χ1n) is 6.20. The molecule has 1 unspecified atom stereocenters. The molecule has 1 aromatic heterocycles. The number of hydrogen-bond donors (Lipinski definition) is 1. The fraction of sp³-hybridized carbons (Fsp3) is 0.267. The number of benzene rings is 1. The normalized spacial score (nSPS) is 12.0. The highest BCUT2D eigenvalue weighted by molar-refractivity contribution is 6.30. The maximum atomic E-state index is 5.88. The van der Waals surface area contributed by atoms with E-state index >= 15 is 0 Å². The van der Waals surface area contributed by atoms with Crippen LogP contribution in [-0.2, 0) is 0 Å². The Labute approximate surface area is 123 Å². The average Bonchev–Trinajstić information content (AvgIpc) is 2.50. The van der Waals surface area contributed by atoms with Gasteiger partial charge in [0.05, 0.1) is 31.0 Å². The van der Waals surface area contributed by atoms with Crippen molar-refractivity contribution in [2.45, 2.75) is 6.04 Å². The van der Waals surface area contributed by atoms with Gasteiger partial charge in [-0.1, -0.05) is 11.6 Å². The third kappa shape index (κ3) is 3.03. The highest BCUT2D eigenvalue weighted by Gasteiger charge is 2.18. The lowest BCUT2D eigenvalue weighted by Crippen LogP contribution is -2.19. The van der Waals surface area contributed by atoms with Crippen molar-refractivity contribution in [3.8, 4) is 11.5 Å². The van der Waals surface area contributed by atoms with E-state index in [1.54, 1.807) is 20.4 Å². The third-order valence-electron chi connectivity index (χ3n) is 3.09. The molecule has 4 nitrogen and oxygen atoms in total. The van der Waals surface area contributed by atoms with Gasteiger partial charge in [0.1, 0.15) is 11.5 Å². The molecule has 2 rings (SSSR count). The monoisotopic (exact) mass is 292 g/mol. The van der Waals surface area contributed by atoms with Crippen molar-refractivity contribution in [2.24, 2.45) is 0 Å². The molecule has 0 aliphatic carbocycles. The number of nitrogens with zero attached hydrogens (tertiary/aromatic N) is 1. The Morgan fingerprint density at radius 3 is 2.50 bits per heavy atom. The SMILES string of the molecule is CNC(c1ccc(Cl)cn1)c1ccc(OC)cc1OC. The molecule has 0 aliphatic heterocycles. The zero-order chi connectivity index (χ0) is 14.5. The van der Waals surface area contributed by atoms with Crippen LogP contribution in [0.1, 0.15) is 17.3 Å². The predicted molar refractivity (Wildman–Crippen MR) is 79.7 cm³/mol. The molecule has 20 heavy (non-hydrogen) atoms. The third-order valence-corrected chi connectivity index (χ3v) is 3.31. The highest BCUT2D eigenvalue weighted by atomic mass is 35.5. The van der Waals surface area contributed by atoms with Crippen LogP contribution in [0.4, 0.5) is 0 Å². The Hall–Kier alpha value is -1.78. The molecule has 106 valence electrons.